The minimum atomic E-state index is -3.53. The number of halogens is 1. The van der Waals surface area contributed by atoms with E-state index in [4.69, 9.17) is 11.6 Å². The Morgan fingerprint density at radius 2 is 1.61 bits per heavy atom. The number of nitrogens with one attached hydrogen (secondary N) is 2. The van der Waals surface area contributed by atoms with E-state index in [1.54, 1.807) is 45.0 Å². The van der Waals surface area contributed by atoms with Crippen LogP contribution in [0.5, 0.6) is 0 Å². The van der Waals surface area contributed by atoms with Crippen molar-refractivity contribution in [2.45, 2.75) is 76.5 Å². The van der Waals surface area contributed by atoms with Crippen molar-refractivity contribution in [2.24, 2.45) is 5.92 Å². The van der Waals surface area contributed by atoms with Crippen LogP contribution >= 0.6 is 11.6 Å². The summed E-state index contributed by atoms with van der Waals surface area (Å²) in [6, 6.07) is 14.6. The average molecular weight is 491 g/mol. The quantitative estimate of drug-likeness (QED) is 0.466. The van der Waals surface area contributed by atoms with Crippen LogP contribution in [0.2, 0.25) is 5.02 Å². The summed E-state index contributed by atoms with van der Waals surface area (Å²) >= 11 is 6.12. The third-order valence-electron chi connectivity index (χ3n) is 6.55. The molecule has 1 unspecified atom stereocenters. The van der Waals surface area contributed by atoms with Crippen molar-refractivity contribution in [1.82, 2.24) is 5.32 Å². The number of carbonyl (C=O) groups excluding carboxylic acids is 1. The molecule has 180 valence electrons. The largest absolute Gasteiger partial charge is 0.348 e. The summed E-state index contributed by atoms with van der Waals surface area (Å²) in [5.74, 6) is 0.278. The molecule has 2 N–H and O–H groups in total. The fourth-order valence-corrected chi connectivity index (χ4v) is 5.19. The number of carbonyl (C=O) groups is 1. The first kappa shape index (κ1) is 25.6. The van der Waals surface area contributed by atoms with E-state index >= 15 is 0 Å². The van der Waals surface area contributed by atoms with Crippen molar-refractivity contribution in [3.8, 4) is 0 Å². The second kappa shape index (κ2) is 9.67. The van der Waals surface area contributed by atoms with E-state index < -0.39 is 14.8 Å². The van der Waals surface area contributed by atoms with Gasteiger partial charge >= 0.3 is 0 Å². The molecule has 1 aliphatic rings. The van der Waals surface area contributed by atoms with Gasteiger partial charge in [-0.1, -0.05) is 44.0 Å². The lowest BCUT2D eigenvalue weighted by Gasteiger charge is -2.49. The van der Waals surface area contributed by atoms with E-state index in [0.717, 1.165) is 25.7 Å². The molecule has 1 fully saturated rings. The third kappa shape index (κ3) is 5.72. The van der Waals surface area contributed by atoms with Crippen LogP contribution in [-0.2, 0) is 15.4 Å². The topological polar surface area (TPSA) is 75.3 Å². The number of sulfonamides is 1. The zero-order chi connectivity index (χ0) is 24.4. The van der Waals surface area contributed by atoms with Crippen molar-refractivity contribution in [3.63, 3.8) is 0 Å². The average Bonchev–Trinajstić information content (AvgIpc) is 2.67. The van der Waals surface area contributed by atoms with Crippen LogP contribution in [0.3, 0.4) is 0 Å². The minimum Gasteiger partial charge on any atom is -0.348 e. The summed E-state index contributed by atoms with van der Waals surface area (Å²) in [6.07, 6.45) is 4.06. The highest BCUT2D eigenvalue weighted by atomic mass is 35.5. The van der Waals surface area contributed by atoms with Gasteiger partial charge in [-0.25, -0.2) is 8.42 Å². The molecule has 0 aromatic heterocycles. The van der Waals surface area contributed by atoms with E-state index in [2.05, 4.69) is 36.0 Å². The predicted molar refractivity (Wildman–Crippen MR) is 136 cm³/mol. The fraction of sp³-hybridized carbons (Fsp3) is 0.500. The molecule has 7 heteroatoms. The number of hydrogen-bond acceptors (Lipinski definition) is 3. The van der Waals surface area contributed by atoms with Crippen LogP contribution in [0.25, 0.3) is 0 Å². The van der Waals surface area contributed by atoms with Crippen molar-refractivity contribution in [3.05, 3.63) is 64.7 Å². The Bertz CT molecular complexity index is 1070. The molecule has 2 aromatic carbocycles. The fourth-order valence-electron chi connectivity index (χ4n) is 4.31. The zero-order valence-corrected chi connectivity index (χ0v) is 21.7. The van der Waals surface area contributed by atoms with Crippen molar-refractivity contribution in [2.75, 3.05) is 4.72 Å². The first-order chi connectivity index (χ1) is 15.3. The van der Waals surface area contributed by atoms with E-state index in [9.17, 15) is 13.2 Å². The molecule has 0 bridgehead atoms. The maximum Gasteiger partial charge on any atom is 0.251 e. The van der Waals surface area contributed by atoms with Gasteiger partial charge in [0.25, 0.3) is 5.91 Å². The molecule has 33 heavy (non-hydrogen) atoms. The maximum atomic E-state index is 13.2. The normalized spacial score (nSPS) is 16.7. The second-order valence-electron chi connectivity index (χ2n) is 10.5. The van der Waals surface area contributed by atoms with Crippen LogP contribution in [-0.4, -0.2) is 25.1 Å². The molecule has 0 radical (unpaired) electrons. The molecule has 1 saturated carbocycles. The summed E-state index contributed by atoms with van der Waals surface area (Å²) < 4.78 is 26.5. The monoisotopic (exact) mass is 490 g/mol. The van der Waals surface area contributed by atoms with Gasteiger partial charge in [-0.3, -0.25) is 9.52 Å². The van der Waals surface area contributed by atoms with Gasteiger partial charge in [0.05, 0.1) is 4.75 Å². The zero-order valence-electron chi connectivity index (χ0n) is 20.1. The summed E-state index contributed by atoms with van der Waals surface area (Å²) in [7, 11) is -3.53. The highest BCUT2D eigenvalue weighted by Gasteiger charge is 2.46. The lowest BCUT2D eigenvalue weighted by Crippen LogP contribution is -2.54. The maximum absolute atomic E-state index is 13.2. The van der Waals surface area contributed by atoms with Crippen LogP contribution in [0.1, 0.15) is 76.2 Å². The molecule has 3 rings (SSSR count). The molecule has 0 spiro atoms. The highest BCUT2D eigenvalue weighted by molar-refractivity contribution is 7.94. The van der Waals surface area contributed by atoms with Gasteiger partial charge in [-0.15, -0.1) is 0 Å². The minimum absolute atomic E-state index is 0.000930. The smallest absolute Gasteiger partial charge is 0.251 e. The molecule has 0 heterocycles. The number of anilines is 1. The Morgan fingerprint density at radius 1 is 1.03 bits per heavy atom. The number of hydrogen-bond donors (Lipinski definition) is 2. The van der Waals surface area contributed by atoms with Gasteiger partial charge in [0.15, 0.2) is 0 Å². The van der Waals surface area contributed by atoms with Crippen LogP contribution in [0, 0.1) is 5.92 Å². The third-order valence-corrected chi connectivity index (χ3v) is 8.92. The van der Waals surface area contributed by atoms with Crippen LogP contribution in [0.15, 0.2) is 48.5 Å². The first-order valence-electron chi connectivity index (χ1n) is 11.5. The number of rotatable bonds is 8. The summed E-state index contributed by atoms with van der Waals surface area (Å²) in [6.45, 7) is 9.27. The highest BCUT2D eigenvalue weighted by Crippen LogP contribution is 2.48. The Hall–Kier alpha value is -2.05. The van der Waals surface area contributed by atoms with E-state index in [1.165, 1.54) is 5.56 Å². The lowest BCUT2D eigenvalue weighted by atomic mass is 9.59. The number of amides is 1. The predicted octanol–water partition coefficient (Wildman–Crippen LogP) is 6.15. The van der Waals surface area contributed by atoms with Crippen molar-refractivity contribution >= 4 is 33.2 Å². The van der Waals surface area contributed by atoms with E-state index in [0.29, 0.717) is 22.2 Å². The molecule has 1 aliphatic carbocycles. The molecule has 0 aliphatic heterocycles. The molecular formula is C26H35ClN2O3S. The molecular weight excluding hydrogens is 456 g/mol. The van der Waals surface area contributed by atoms with Gasteiger partial charge in [0.2, 0.25) is 10.0 Å². The van der Waals surface area contributed by atoms with Gasteiger partial charge < -0.3 is 5.32 Å². The molecule has 1 amide bonds. The molecule has 2 aromatic rings. The van der Waals surface area contributed by atoms with Gasteiger partial charge in [0.1, 0.15) is 0 Å². The first-order valence-corrected chi connectivity index (χ1v) is 13.4. The Balaban J connectivity index is 1.80. The van der Waals surface area contributed by atoms with Crippen LogP contribution < -0.4 is 10.0 Å². The second-order valence-corrected chi connectivity index (χ2v) is 13.3. The molecule has 1 atom stereocenters. The standard InChI is InChI=1S/C26H35ClN2O3S/c1-18(2)17-23(26(15-6-16-26)20-9-11-21(27)12-10-20)28-24(30)19-7-13-22(14-8-19)29-33(31,32)25(3,4)5/h7-14,18,23,29H,6,15-17H2,1-5H3,(H,28,30). The Kier molecular flexibility index (Phi) is 7.49. The summed E-state index contributed by atoms with van der Waals surface area (Å²) in [4.78, 5) is 13.2. The number of benzene rings is 2. The summed E-state index contributed by atoms with van der Waals surface area (Å²) in [5.41, 5.74) is 2.08. The Morgan fingerprint density at radius 3 is 2.06 bits per heavy atom. The van der Waals surface area contributed by atoms with Crippen molar-refractivity contribution < 1.29 is 13.2 Å². The van der Waals surface area contributed by atoms with Gasteiger partial charge in [-0.05, 0) is 87.9 Å². The van der Waals surface area contributed by atoms with Crippen LogP contribution in [0.4, 0.5) is 5.69 Å². The molecule has 5 nitrogen and oxygen atoms in total. The van der Waals surface area contributed by atoms with Crippen molar-refractivity contribution in [1.29, 1.82) is 0 Å². The Labute approximate surface area is 203 Å². The lowest BCUT2D eigenvalue weighted by molar-refractivity contribution is 0.0847. The van der Waals surface area contributed by atoms with Gasteiger partial charge in [-0.2, -0.15) is 0 Å². The van der Waals surface area contributed by atoms with E-state index in [-0.39, 0.29) is 17.4 Å². The molecule has 0 saturated heterocycles. The van der Waals surface area contributed by atoms with E-state index in [1.807, 2.05) is 12.1 Å². The van der Waals surface area contributed by atoms with Gasteiger partial charge in [0, 0.05) is 27.7 Å². The SMILES string of the molecule is CC(C)CC(NC(=O)c1ccc(NS(=O)(=O)C(C)(C)C)cc1)C1(c2ccc(Cl)cc2)CCC1. The summed E-state index contributed by atoms with van der Waals surface area (Å²) in [5, 5.41) is 4.01.